The summed E-state index contributed by atoms with van der Waals surface area (Å²) in [6.45, 7) is 8.51. The quantitative estimate of drug-likeness (QED) is 0.536. The van der Waals surface area contributed by atoms with Gasteiger partial charge >= 0.3 is 7.12 Å². The molecule has 0 atom stereocenters. The van der Waals surface area contributed by atoms with Gasteiger partial charge in [0, 0.05) is 5.75 Å². The van der Waals surface area contributed by atoms with Crippen molar-refractivity contribution in [1.82, 2.24) is 0 Å². The van der Waals surface area contributed by atoms with Crippen LogP contribution in [0.5, 0.6) is 5.75 Å². The molecule has 1 aliphatic heterocycles. The monoisotopic (exact) mass is 407 g/mol. The number of ether oxygens (including phenoxy) is 1. The maximum absolute atomic E-state index is 9.42. The van der Waals surface area contributed by atoms with Crippen LogP contribution in [-0.4, -0.2) is 24.1 Å². The lowest BCUT2D eigenvalue weighted by molar-refractivity contribution is 0.00578. The van der Waals surface area contributed by atoms with Crippen LogP contribution < -0.4 is 4.74 Å². The number of benzene rings is 2. The Hall–Kier alpha value is -2.20. The van der Waals surface area contributed by atoms with Crippen LogP contribution in [0.25, 0.3) is 6.08 Å². The van der Waals surface area contributed by atoms with E-state index in [2.05, 4.69) is 18.7 Å². The topological polar surface area (TPSA) is 51.5 Å². The molecule has 0 saturated carbocycles. The van der Waals surface area contributed by atoms with E-state index >= 15 is 0 Å². The molecule has 2 aromatic rings. The highest BCUT2D eigenvalue weighted by Crippen LogP contribution is 2.39. The summed E-state index contributed by atoms with van der Waals surface area (Å²) in [6.07, 6.45) is 1.99. The van der Waals surface area contributed by atoms with E-state index in [0.717, 1.165) is 16.6 Å². The molecule has 6 heteroatoms. The standard InChI is InChI=1S/C23H26BNO3S/c1-22(2)23(3,4)28-24(27-22)20(16-29)12-18-10-11-19(14-25)21(13-18)26-15-17-8-6-5-7-9-17/h5-13,29H,15-16H2,1-4H3. The van der Waals surface area contributed by atoms with Crippen LogP contribution in [0.3, 0.4) is 0 Å². The van der Waals surface area contributed by atoms with Crippen molar-refractivity contribution in [3.8, 4) is 11.8 Å². The number of hydrogen-bond donors (Lipinski definition) is 1. The molecule has 1 heterocycles. The molecule has 0 aliphatic carbocycles. The molecule has 0 unspecified atom stereocenters. The van der Waals surface area contributed by atoms with E-state index in [0.29, 0.717) is 23.7 Å². The van der Waals surface area contributed by atoms with Crippen molar-refractivity contribution in [3.63, 3.8) is 0 Å². The maximum atomic E-state index is 9.42. The molecular weight excluding hydrogens is 381 g/mol. The van der Waals surface area contributed by atoms with Gasteiger partial charge in [-0.25, -0.2) is 0 Å². The summed E-state index contributed by atoms with van der Waals surface area (Å²) in [5.41, 5.74) is 2.56. The lowest BCUT2D eigenvalue weighted by Gasteiger charge is -2.32. The average molecular weight is 407 g/mol. The second-order valence-electron chi connectivity index (χ2n) is 8.11. The van der Waals surface area contributed by atoms with E-state index in [1.807, 2.05) is 76.2 Å². The summed E-state index contributed by atoms with van der Waals surface area (Å²) < 4.78 is 18.2. The third-order valence-electron chi connectivity index (χ3n) is 5.45. The Morgan fingerprint density at radius 3 is 2.34 bits per heavy atom. The Bertz CT molecular complexity index is 919. The minimum Gasteiger partial charge on any atom is -0.488 e. The highest BCUT2D eigenvalue weighted by atomic mass is 32.1. The molecule has 0 bridgehead atoms. The molecule has 150 valence electrons. The molecule has 1 fully saturated rings. The van der Waals surface area contributed by atoms with Crippen molar-refractivity contribution in [2.75, 3.05) is 5.75 Å². The van der Waals surface area contributed by atoms with Gasteiger partial charge in [-0.3, -0.25) is 0 Å². The van der Waals surface area contributed by atoms with E-state index < -0.39 is 18.3 Å². The Balaban J connectivity index is 1.83. The summed E-state index contributed by atoms with van der Waals surface area (Å²) in [6, 6.07) is 17.6. The fraction of sp³-hybridized carbons (Fsp3) is 0.348. The summed E-state index contributed by atoms with van der Waals surface area (Å²) in [7, 11) is -0.457. The van der Waals surface area contributed by atoms with Crippen LogP contribution in [0.4, 0.5) is 0 Å². The average Bonchev–Trinajstić information content (AvgIpc) is 2.92. The largest absolute Gasteiger partial charge is 0.491 e. The zero-order chi connectivity index (χ0) is 21.1. The van der Waals surface area contributed by atoms with Crippen LogP contribution in [0, 0.1) is 11.3 Å². The van der Waals surface area contributed by atoms with Gasteiger partial charge in [-0.05, 0) is 56.4 Å². The summed E-state index contributed by atoms with van der Waals surface area (Å²) in [5, 5.41) is 9.42. The van der Waals surface area contributed by atoms with E-state index in [4.69, 9.17) is 14.0 Å². The minimum absolute atomic E-state index is 0.402. The first kappa shape index (κ1) is 21.5. The Morgan fingerprint density at radius 1 is 1.10 bits per heavy atom. The van der Waals surface area contributed by atoms with Gasteiger partial charge in [0.15, 0.2) is 0 Å². The molecule has 1 saturated heterocycles. The minimum atomic E-state index is -0.457. The first-order valence-electron chi connectivity index (χ1n) is 9.63. The predicted octanol–water partition coefficient (Wildman–Crippen LogP) is 5.08. The van der Waals surface area contributed by atoms with Crippen molar-refractivity contribution in [2.45, 2.75) is 45.5 Å². The third-order valence-corrected chi connectivity index (χ3v) is 5.82. The molecule has 0 spiro atoms. The van der Waals surface area contributed by atoms with Crippen LogP contribution >= 0.6 is 12.6 Å². The van der Waals surface area contributed by atoms with Crippen molar-refractivity contribution >= 4 is 25.8 Å². The molecule has 1 aliphatic rings. The molecular formula is C23H26BNO3S. The van der Waals surface area contributed by atoms with Gasteiger partial charge in [0.2, 0.25) is 0 Å². The first-order chi connectivity index (χ1) is 13.8. The lowest BCUT2D eigenvalue weighted by Crippen LogP contribution is -2.41. The molecule has 4 nitrogen and oxygen atoms in total. The molecule has 29 heavy (non-hydrogen) atoms. The predicted molar refractivity (Wildman–Crippen MR) is 120 cm³/mol. The second kappa shape index (κ2) is 8.67. The highest BCUT2D eigenvalue weighted by Gasteiger charge is 2.52. The van der Waals surface area contributed by atoms with Crippen LogP contribution in [0.2, 0.25) is 0 Å². The lowest BCUT2D eigenvalue weighted by atomic mass is 9.78. The fourth-order valence-electron chi connectivity index (χ4n) is 2.97. The maximum Gasteiger partial charge on any atom is 0.491 e. The molecule has 0 aromatic heterocycles. The highest BCUT2D eigenvalue weighted by molar-refractivity contribution is 7.80. The van der Waals surface area contributed by atoms with Crippen molar-refractivity contribution in [2.24, 2.45) is 0 Å². The number of nitriles is 1. The van der Waals surface area contributed by atoms with E-state index in [-0.39, 0.29) is 0 Å². The number of thiol groups is 1. The van der Waals surface area contributed by atoms with Gasteiger partial charge in [0.05, 0.1) is 16.8 Å². The van der Waals surface area contributed by atoms with E-state index in [1.165, 1.54) is 0 Å². The van der Waals surface area contributed by atoms with Crippen molar-refractivity contribution in [3.05, 3.63) is 70.7 Å². The summed E-state index contributed by atoms with van der Waals surface area (Å²) in [4.78, 5) is 0. The van der Waals surface area contributed by atoms with Gasteiger partial charge in [0.25, 0.3) is 0 Å². The molecule has 0 amide bonds. The zero-order valence-electron chi connectivity index (χ0n) is 17.3. The van der Waals surface area contributed by atoms with Gasteiger partial charge in [-0.1, -0.05) is 42.5 Å². The Labute approximate surface area is 179 Å². The smallest absolute Gasteiger partial charge is 0.488 e. The Morgan fingerprint density at radius 2 is 1.76 bits per heavy atom. The third kappa shape index (κ3) is 4.87. The van der Waals surface area contributed by atoms with Crippen molar-refractivity contribution < 1.29 is 14.0 Å². The normalized spacial score (nSPS) is 17.8. The van der Waals surface area contributed by atoms with Gasteiger partial charge in [0.1, 0.15) is 18.4 Å². The second-order valence-corrected chi connectivity index (χ2v) is 8.42. The first-order valence-corrected chi connectivity index (χ1v) is 10.3. The zero-order valence-corrected chi connectivity index (χ0v) is 18.2. The molecule has 0 radical (unpaired) electrons. The van der Waals surface area contributed by atoms with Gasteiger partial charge < -0.3 is 14.0 Å². The number of nitrogens with zero attached hydrogens (tertiary/aromatic N) is 1. The van der Waals surface area contributed by atoms with Crippen LogP contribution in [-0.2, 0) is 15.9 Å². The van der Waals surface area contributed by atoms with E-state index in [1.54, 1.807) is 6.07 Å². The molecule has 0 N–H and O–H groups in total. The molecule has 3 rings (SSSR count). The van der Waals surface area contributed by atoms with Gasteiger partial charge in [-0.2, -0.15) is 17.9 Å². The molecule has 2 aromatic carbocycles. The number of hydrogen-bond acceptors (Lipinski definition) is 5. The summed E-state index contributed by atoms with van der Waals surface area (Å²) in [5.74, 6) is 1.05. The van der Waals surface area contributed by atoms with Crippen LogP contribution in [0.1, 0.15) is 44.4 Å². The van der Waals surface area contributed by atoms with Crippen LogP contribution in [0.15, 0.2) is 54.0 Å². The van der Waals surface area contributed by atoms with Crippen molar-refractivity contribution in [1.29, 1.82) is 5.26 Å². The number of rotatable bonds is 6. The fourth-order valence-corrected chi connectivity index (χ4v) is 3.21. The van der Waals surface area contributed by atoms with Gasteiger partial charge in [-0.15, -0.1) is 0 Å². The van der Waals surface area contributed by atoms with E-state index in [9.17, 15) is 5.26 Å². The Kier molecular flexibility index (Phi) is 6.43. The SMILES string of the molecule is CC1(C)OB(C(=Cc2ccc(C#N)c(OCc3ccccc3)c2)CS)OC1(C)C. The summed E-state index contributed by atoms with van der Waals surface area (Å²) >= 11 is 4.48.